The number of rotatable bonds is 0. The van der Waals surface area contributed by atoms with Gasteiger partial charge in [-0.2, -0.15) is 5.26 Å². The van der Waals surface area contributed by atoms with Crippen LogP contribution in [0.3, 0.4) is 0 Å². The van der Waals surface area contributed by atoms with Gasteiger partial charge in [-0.1, -0.05) is 0 Å². The van der Waals surface area contributed by atoms with Gasteiger partial charge in [-0.25, -0.2) is 0 Å². The maximum Gasteiger partial charge on any atom is 0.142 e. The summed E-state index contributed by atoms with van der Waals surface area (Å²) in [5.74, 6) is 0.678. The molecule has 0 radical (unpaired) electrons. The monoisotopic (exact) mass is 160 g/mol. The Morgan fingerprint density at radius 3 is 3.08 bits per heavy atom. The highest BCUT2D eigenvalue weighted by Crippen LogP contribution is 2.33. The fraction of sp³-hybridized carbons (Fsp3) is 0.222. The fourth-order valence-corrected chi connectivity index (χ4v) is 1.41. The molecule has 0 bridgehead atoms. The standard InChI is InChI=1S/C9H8N2O/c10-5-6-1-2-8(11)7-3-4-12-9(6)7/h1-2H,3-4,11H2. The Bertz CT molecular complexity index is 366. The van der Waals surface area contributed by atoms with E-state index in [0.717, 1.165) is 17.7 Å². The first kappa shape index (κ1) is 6.99. The zero-order valence-corrected chi connectivity index (χ0v) is 6.50. The molecule has 0 saturated heterocycles. The van der Waals surface area contributed by atoms with Crippen LogP contribution in [0.15, 0.2) is 12.1 Å². The zero-order valence-electron chi connectivity index (χ0n) is 6.50. The maximum absolute atomic E-state index is 8.72. The summed E-state index contributed by atoms with van der Waals surface area (Å²) in [6.07, 6.45) is 0.816. The van der Waals surface area contributed by atoms with Gasteiger partial charge in [0.1, 0.15) is 11.8 Å². The second kappa shape index (κ2) is 2.42. The molecule has 0 saturated carbocycles. The molecular weight excluding hydrogens is 152 g/mol. The van der Waals surface area contributed by atoms with Crippen molar-refractivity contribution in [2.45, 2.75) is 6.42 Å². The zero-order chi connectivity index (χ0) is 8.55. The predicted molar refractivity (Wildman–Crippen MR) is 44.8 cm³/mol. The van der Waals surface area contributed by atoms with Gasteiger partial charge in [0.2, 0.25) is 0 Å². The van der Waals surface area contributed by atoms with E-state index in [1.54, 1.807) is 12.1 Å². The number of anilines is 1. The molecule has 3 heteroatoms. The molecule has 3 nitrogen and oxygen atoms in total. The van der Waals surface area contributed by atoms with Gasteiger partial charge in [-0.3, -0.25) is 0 Å². The molecule has 0 unspecified atom stereocenters. The highest BCUT2D eigenvalue weighted by molar-refractivity contribution is 5.62. The molecule has 12 heavy (non-hydrogen) atoms. The van der Waals surface area contributed by atoms with Crippen LogP contribution in [0.2, 0.25) is 0 Å². The van der Waals surface area contributed by atoms with Crippen molar-refractivity contribution in [1.82, 2.24) is 0 Å². The van der Waals surface area contributed by atoms with Crippen LogP contribution < -0.4 is 10.5 Å². The summed E-state index contributed by atoms with van der Waals surface area (Å²) in [4.78, 5) is 0. The van der Waals surface area contributed by atoms with E-state index in [1.165, 1.54) is 0 Å². The molecule has 1 aromatic rings. The molecule has 0 atom stereocenters. The van der Waals surface area contributed by atoms with Crippen LogP contribution in [0.4, 0.5) is 5.69 Å². The predicted octanol–water partition coefficient (Wildman–Crippen LogP) is 1.08. The molecule has 60 valence electrons. The van der Waals surface area contributed by atoms with Gasteiger partial charge >= 0.3 is 0 Å². The highest BCUT2D eigenvalue weighted by atomic mass is 16.5. The number of nitrogens with two attached hydrogens (primary N) is 1. The molecule has 2 N–H and O–H groups in total. The molecule has 0 fully saturated rings. The Labute approximate surface area is 70.4 Å². The summed E-state index contributed by atoms with van der Waals surface area (Å²) in [6, 6.07) is 5.52. The van der Waals surface area contributed by atoms with Crippen molar-refractivity contribution in [2.24, 2.45) is 0 Å². The minimum absolute atomic E-state index is 0.580. The van der Waals surface area contributed by atoms with Gasteiger partial charge in [0.05, 0.1) is 12.2 Å². The van der Waals surface area contributed by atoms with E-state index in [0.29, 0.717) is 17.9 Å². The summed E-state index contributed by atoms with van der Waals surface area (Å²) in [6.45, 7) is 0.637. The summed E-state index contributed by atoms with van der Waals surface area (Å²) in [5.41, 5.74) is 7.99. The molecule has 0 spiro atoms. The van der Waals surface area contributed by atoms with Crippen LogP contribution >= 0.6 is 0 Å². The number of ether oxygens (including phenoxy) is 1. The van der Waals surface area contributed by atoms with Crippen LogP contribution in [0, 0.1) is 11.3 Å². The van der Waals surface area contributed by atoms with E-state index < -0.39 is 0 Å². The van der Waals surface area contributed by atoms with Crippen molar-refractivity contribution in [3.8, 4) is 11.8 Å². The van der Waals surface area contributed by atoms with E-state index in [2.05, 4.69) is 6.07 Å². The van der Waals surface area contributed by atoms with Gasteiger partial charge in [0, 0.05) is 17.7 Å². The van der Waals surface area contributed by atoms with Crippen molar-refractivity contribution in [1.29, 1.82) is 5.26 Å². The quantitative estimate of drug-likeness (QED) is 0.577. The first-order valence-electron chi connectivity index (χ1n) is 3.77. The van der Waals surface area contributed by atoms with Crippen molar-refractivity contribution in [3.05, 3.63) is 23.3 Å². The van der Waals surface area contributed by atoms with Gasteiger partial charge in [0.25, 0.3) is 0 Å². The Kier molecular flexibility index (Phi) is 1.41. The first-order chi connectivity index (χ1) is 5.83. The number of nitrogen functional groups attached to an aromatic ring is 1. The topological polar surface area (TPSA) is 59.0 Å². The summed E-state index contributed by atoms with van der Waals surface area (Å²) in [5, 5.41) is 8.72. The second-order valence-electron chi connectivity index (χ2n) is 2.72. The van der Waals surface area contributed by atoms with Crippen molar-refractivity contribution >= 4 is 5.69 Å². The van der Waals surface area contributed by atoms with Crippen molar-refractivity contribution in [2.75, 3.05) is 12.3 Å². The fourth-order valence-electron chi connectivity index (χ4n) is 1.41. The Morgan fingerprint density at radius 2 is 2.33 bits per heavy atom. The molecular formula is C9H8N2O. The molecule has 1 aliphatic heterocycles. The normalized spacial score (nSPS) is 13.2. The SMILES string of the molecule is N#Cc1ccc(N)c2c1OCC2. The maximum atomic E-state index is 8.72. The molecule has 1 aromatic carbocycles. The van der Waals surface area contributed by atoms with Gasteiger partial charge < -0.3 is 10.5 Å². The third kappa shape index (κ3) is 0.817. The Balaban J connectivity index is 2.66. The smallest absolute Gasteiger partial charge is 0.142 e. The average molecular weight is 160 g/mol. The number of nitriles is 1. The Morgan fingerprint density at radius 1 is 1.50 bits per heavy atom. The third-order valence-corrected chi connectivity index (χ3v) is 2.02. The summed E-state index contributed by atoms with van der Waals surface area (Å²) in [7, 11) is 0. The summed E-state index contributed by atoms with van der Waals surface area (Å²) >= 11 is 0. The van der Waals surface area contributed by atoms with Gasteiger partial charge in [0.15, 0.2) is 0 Å². The third-order valence-electron chi connectivity index (χ3n) is 2.02. The van der Waals surface area contributed by atoms with E-state index in [1.807, 2.05) is 0 Å². The minimum Gasteiger partial charge on any atom is -0.491 e. The summed E-state index contributed by atoms with van der Waals surface area (Å²) < 4.78 is 5.30. The van der Waals surface area contributed by atoms with Crippen molar-refractivity contribution < 1.29 is 4.74 Å². The van der Waals surface area contributed by atoms with Crippen LogP contribution in [0.5, 0.6) is 5.75 Å². The number of hydrogen-bond acceptors (Lipinski definition) is 3. The molecule has 0 amide bonds. The number of nitrogens with zero attached hydrogens (tertiary/aromatic N) is 1. The van der Waals surface area contributed by atoms with E-state index >= 15 is 0 Å². The average Bonchev–Trinajstić information content (AvgIpc) is 2.54. The van der Waals surface area contributed by atoms with E-state index in [-0.39, 0.29) is 0 Å². The molecule has 1 aliphatic rings. The lowest BCUT2D eigenvalue weighted by atomic mass is 10.1. The highest BCUT2D eigenvalue weighted by Gasteiger charge is 2.18. The first-order valence-corrected chi connectivity index (χ1v) is 3.77. The number of benzene rings is 1. The van der Waals surface area contributed by atoms with Crippen LogP contribution in [0.25, 0.3) is 0 Å². The minimum atomic E-state index is 0.580. The second-order valence-corrected chi connectivity index (χ2v) is 2.72. The van der Waals surface area contributed by atoms with Gasteiger partial charge in [-0.15, -0.1) is 0 Å². The lowest BCUT2D eigenvalue weighted by Crippen LogP contribution is -1.91. The van der Waals surface area contributed by atoms with E-state index in [4.69, 9.17) is 15.7 Å². The lowest BCUT2D eigenvalue weighted by molar-refractivity contribution is 0.356. The van der Waals surface area contributed by atoms with Crippen LogP contribution in [0.1, 0.15) is 11.1 Å². The Hall–Kier alpha value is -1.69. The van der Waals surface area contributed by atoms with Crippen LogP contribution in [-0.4, -0.2) is 6.61 Å². The largest absolute Gasteiger partial charge is 0.491 e. The number of hydrogen-bond donors (Lipinski definition) is 1. The van der Waals surface area contributed by atoms with Crippen molar-refractivity contribution in [3.63, 3.8) is 0 Å². The van der Waals surface area contributed by atoms with Crippen LogP contribution in [-0.2, 0) is 6.42 Å². The molecule has 1 heterocycles. The number of fused-ring (bicyclic) bond motifs is 1. The van der Waals surface area contributed by atoms with Gasteiger partial charge in [-0.05, 0) is 12.1 Å². The molecule has 2 rings (SSSR count). The van der Waals surface area contributed by atoms with E-state index in [9.17, 15) is 0 Å². The molecule has 0 aromatic heterocycles. The molecule has 0 aliphatic carbocycles. The lowest BCUT2D eigenvalue weighted by Gasteiger charge is -2.02.